The summed E-state index contributed by atoms with van der Waals surface area (Å²) in [5.41, 5.74) is 0.0164. The molecule has 136 valence electrons. The normalized spacial score (nSPS) is 37.0. The van der Waals surface area contributed by atoms with E-state index in [9.17, 15) is 14.3 Å². The molecule has 1 saturated heterocycles. The number of halogens is 1. The monoisotopic (exact) mass is 349 g/mol. The van der Waals surface area contributed by atoms with Gasteiger partial charge in [-0.25, -0.2) is 19.2 Å². The van der Waals surface area contributed by atoms with Gasteiger partial charge in [0.2, 0.25) is 0 Å². The maximum atomic E-state index is 13.0. The van der Waals surface area contributed by atoms with Gasteiger partial charge in [0.25, 0.3) is 0 Å². The highest BCUT2D eigenvalue weighted by molar-refractivity contribution is 5.66. The SMILES string of the molecule is CC1CCC(CO[C@H]2CC[C@@]3(c4ncc(F)cn4)C[C@H]3C2)N1C(=O)O. The van der Waals surface area contributed by atoms with Crippen LogP contribution in [0.5, 0.6) is 0 Å². The highest BCUT2D eigenvalue weighted by atomic mass is 19.1. The summed E-state index contributed by atoms with van der Waals surface area (Å²) in [6.07, 6.45) is 7.47. The Kier molecular flexibility index (Phi) is 4.14. The van der Waals surface area contributed by atoms with Crippen molar-refractivity contribution in [2.45, 2.75) is 69.1 Å². The number of rotatable bonds is 4. The number of amides is 1. The highest BCUT2D eigenvalue weighted by Crippen LogP contribution is 2.61. The Balaban J connectivity index is 1.31. The smallest absolute Gasteiger partial charge is 0.407 e. The lowest BCUT2D eigenvalue weighted by Crippen LogP contribution is -2.42. The molecule has 2 aliphatic carbocycles. The molecule has 1 aromatic rings. The molecule has 0 spiro atoms. The lowest BCUT2D eigenvalue weighted by molar-refractivity contribution is -0.00596. The molecule has 2 saturated carbocycles. The summed E-state index contributed by atoms with van der Waals surface area (Å²) in [6, 6.07) is 0.0444. The van der Waals surface area contributed by atoms with Gasteiger partial charge in [-0.15, -0.1) is 0 Å². The molecular formula is C18H24FN3O3. The molecule has 7 heteroatoms. The first-order chi connectivity index (χ1) is 12.0. The third-order valence-corrected chi connectivity index (χ3v) is 6.29. The topological polar surface area (TPSA) is 75.6 Å². The van der Waals surface area contributed by atoms with E-state index in [0.717, 1.165) is 44.3 Å². The Morgan fingerprint density at radius 1 is 1.40 bits per heavy atom. The number of carboxylic acid groups (broad SMARTS) is 1. The van der Waals surface area contributed by atoms with Crippen LogP contribution in [0.4, 0.5) is 9.18 Å². The predicted octanol–water partition coefficient (Wildman–Crippen LogP) is 2.97. The van der Waals surface area contributed by atoms with Gasteiger partial charge in [0.1, 0.15) is 5.82 Å². The van der Waals surface area contributed by atoms with Crippen molar-refractivity contribution in [3.05, 3.63) is 24.0 Å². The Hall–Kier alpha value is -1.76. The quantitative estimate of drug-likeness (QED) is 0.904. The van der Waals surface area contributed by atoms with E-state index in [-0.39, 0.29) is 23.6 Å². The molecule has 6 nitrogen and oxygen atoms in total. The summed E-state index contributed by atoms with van der Waals surface area (Å²) >= 11 is 0. The number of fused-ring (bicyclic) bond motifs is 1. The van der Waals surface area contributed by atoms with E-state index >= 15 is 0 Å². The van der Waals surface area contributed by atoms with Gasteiger partial charge < -0.3 is 14.7 Å². The molecule has 25 heavy (non-hydrogen) atoms. The predicted molar refractivity (Wildman–Crippen MR) is 87.7 cm³/mol. The molecule has 2 heterocycles. The van der Waals surface area contributed by atoms with Crippen molar-refractivity contribution < 1.29 is 19.0 Å². The number of nitrogens with zero attached hydrogens (tertiary/aromatic N) is 3. The average molecular weight is 349 g/mol. The maximum Gasteiger partial charge on any atom is 0.407 e. The van der Waals surface area contributed by atoms with Crippen molar-refractivity contribution in [3.63, 3.8) is 0 Å². The molecule has 1 amide bonds. The van der Waals surface area contributed by atoms with Gasteiger partial charge in [-0.1, -0.05) is 0 Å². The van der Waals surface area contributed by atoms with E-state index in [1.54, 1.807) is 0 Å². The van der Waals surface area contributed by atoms with Crippen LogP contribution in [0.2, 0.25) is 0 Å². The van der Waals surface area contributed by atoms with E-state index in [2.05, 4.69) is 9.97 Å². The fourth-order valence-electron chi connectivity index (χ4n) is 4.78. The minimum Gasteiger partial charge on any atom is -0.465 e. The second-order valence-corrected chi connectivity index (χ2v) is 7.78. The summed E-state index contributed by atoms with van der Waals surface area (Å²) in [6.45, 7) is 2.43. The van der Waals surface area contributed by atoms with Crippen LogP contribution in [0.15, 0.2) is 12.4 Å². The summed E-state index contributed by atoms with van der Waals surface area (Å²) < 4.78 is 19.1. The number of ether oxygens (including phenoxy) is 1. The average Bonchev–Trinajstić information content (AvgIpc) is 3.20. The van der Waals surface area contributed by atoms with Gasteiger partial charge >= 0.3 is 6.09 Å². The van der Waals surface area contributed by atoms with Gasteiger partial charge in [0.15, 0.2) is 5.82 Å². The number of hydrogen-bond donors (Lipinski definition) is 1. The first-order valence-corrected chi connectivity index (χ1v) is 9.10. The number of likely N-dealkylation sites (tertiary alicyclic amines) is 1. The van der Waals surface area contributed by atoms with Crippen molar-refractivity contribution in [2.24, 2.45) is 5.92 Å². The van der Waals surface area contributed by atoms with Gasteiger partial charge in [-0.05, 0) is 51.4 Å². The van der Waals surface area contributed by atoms with Gasteiger partial charge in [-0.2, -0.15) is 0 Å². The molecule has 1 N–H and O–H groups in total. The van der Waals surface area contributed by atoms with Crippen LogP contribution < -0.4 is 0 Å². The molecule has 4 rings (SSSR count). The summed E-state index contributed by atoms with van der Waals surface area (Å²) in [7, 11) is 0. The minimum absolute atomic E-state index is 0.0164. The van der Waals surface area contributed by atoms with Gasteiger partial charge in [-0.3, -0.25) is 0 Å². The lowest BCUT2D eigenvalue weighted by Gasteiger charge is -2.30. The van der Waals surface area contributed by atoms with E-state index in [0.29, 0.717) is 12.5 Å². The van der Waals surface area contributed by atoms with Crippen molar-refractivity contribution in [3.8, 4) is 0 Å². The largest absolute Gasteiger partial charge is 0.465 e. The van der Waals surface area contributed by atoms with Crippen molar-refractivity contribution >= 4 is 6.09 Å². The van der Waals surface area contributed by atoms with Crippen molar-refractivity contribution in [1.29, 1.82) is 0 Å². The molecule has 0 bridgehead atoms. The molecule has 5 atom stereocenters. The van der Waals surface area contributed by atoms with Gasteiger partial charge in [0.05, 0.1) is 31.1 Å². The van der Waals surface area contributed by atoms with Crippen LogP contribution in [0, 0.1) is 11.7 Å². The molecule has 1 aromatic heterocycles. The Labute approximate surface area is 146 Å². The fraction of sp³-hybridized carbons (Fsp3) is 0.722. The van der Waals surface area contributed by atoms with E-state index in [1.165, 1.54) is 17.3 Å². The van der Waals surface area contributed by atoms with Crippen LogP contribution in [0.3, 0.4) is 0 Å². The van der Waals surface area contributed by atoms with E-state index in [1.807, 2.05) is 6.92 Å². The number of aromatic nitrogens is 2. The molecule has 3 aliphatic rings. The molecule has 0 aromatic carbocycles. The molecular weight excluding hydrogens is 325 g/mol. The van der Waals surface area contributed by atoms with Crippen LogP contribution in [0.1, 0.15) is 51.3 Å². The Morgan fingerprint density at radius 3 is 2.84 bits per heavy atom. The van der Waals surface area contributed by atoms with E-state index < -0.39 is 11.9 Å². The van der Waals surface area contributed by atoms with Crippen LogP contribution in [-0.2, 0) is 10.2 Å². The maximum absolute atomic E-state index is 13.0. The summed E-state index contributed by atoms with van der Waals surface area (Å²) in [5, 5.41) is 9.35. The minimum atomic E-state index is -0.850. The molecule has 2 unspecified atom stereocenters. The standard InChI is InChI=1S/C18H24FN3O3/c1-11-2-3-14(22(11)17(23)24)10-25-15-4-5-18(7-12(18)6-15)16-20-8-13(19)9-21-16/h8-9,11-12,14-15H,2-7,10H2,1H3,(H,23,24)/t11?,12-,14?,15+,18-/m1/s1. The zero-order valence-electron chi connectivity index (χ0n) is 14.4. The number of carbonyl (C=O) groups is 1. The molecule has 1 aliphatic heterocycles. The van der Waals surface area contributed by atoms with Crippen molar-refractivity contribution in [2.75, 3.05) is 6.61 Å². The molecule has 3 fully saturated rings. The number of hydrogen-bond acceptors (Lipinski definition) is 4. The van der Waals surface area contributed by atoms with Crippen LogP contribution in [-0.4, -0.2) is 50.9 Å². The molecule has 0 radical (unpaired) electrons. The second kappa shape index (κ2) is 6.20. The van der Waals surface area contributed by atoms with E-state index in [4.69, 9.17) is 4.74 Å². The fourth-order valence-corrected chi connectivity index (χ4v) is 4.78. The zero-order chi connectivity index (χ0) is 17.6. The Bertz CT molecular complexity index is 655. The zero-order valence-corrected chi connectivity index (χ0v) is 14.4. The summed E-state index contributed by atoms with van der Waals surface area (Å²) in [4.78, 5) is 21.3. The Morgan fingerprint density at radius 2 is 2.16 bits per heavy atom. The van der Waals surface area contributed by atoms with Crippen molar-refractivity contribution in [1.82, 2.24) is 14.9 Å². The first-order valence-electron chi connectivity index (χ1n) is 9.10. The van der Waals surface area contributed by atoms with Gasteiger partial charge in [0, 0.05) is 11.5 Å². The van der Waals surface area contributed by atoms with Crippen LogP contribution >= 0.6 is 0 Å². The highest BCUT2D eigenvalue weighted by Gasteiger charge is 2.59. The van der Waals surface area contributed by atoms with Crippen LogP contribution in [0.25, 0.3) is 0 Å². The third kappa shape index (κ3) is 2.99. The lowest BCUT2D eigenvalue weighted by atomic mass is 9.86. The second-order valence-electron chi connectivity index (χ2n) is 7.78. The third-order valence-electron chi connectivity index (χ3n) is 6.29. The summed E-state index contributed by atoms with van der Waals surface area (Å²) in [5.74, 6) is 0.858. The first kappa shape index (κ1) is 16.7.